The molecule has 0 aliphatic rings. The van der Waals surface area contributed by atoms with Crippen LogP contribution in [0.1, 0.15) is 12.1 Å². The first kappa shape index (κ1) is 15.3. The number of anilines is 1. The number of thiocarbonyl (C=S) groups is 1. The lowest BCUT2D eigenvalue weighted by atomic mass is 10.3. The van der Waals surface area contributed by atoms with Crippen LogP contribution in [0.5, 0.6) is 5.75 Å². The summed E-state index contributed by atoms with van der Waals surface area (Å²) in [4.78, 5) is 0. The van der Waals surface area contributed by atoms with Gasteiger partial charge in [-0.2, -0.15) is 5.10 Å². The van der Waals surface area contributed by atoms with Gasteiger partial charge in [0.15, 0.2) is 5.11 Å². The maximum absolute atomic E-state index is 5.26. The molecule has 2 rings (SSSR count). The van der Waals surface area contributed by atoms with Gasteiger partial charge in [0.1, 0.15) is 5.75 Å². The lowest BCUT2D eigenvalue weighted by Gasteiger charge is -2.11. The van der Waals surface area contributed by atoms with E-state index in [0.29, 0.717) is 5.11 Å². The van der Waals surface area contributed by atoms with E-state index < -0.39 is 0 Å². The number of hydrogen-bond acceptors (Lipinski definition) is 3. The van der Waals surface area contributed by atoms with E-state index in [-0.39, 0.29) is 0 Å². The van der Waals surface area contributed by atoms with Crippen molar-refractivity contribution in [1.82, 2.24) is 15.1 Å². The molecule has 0 amide bonds. The Morgan fingerprint density at radius 1 is 1.38 bits per heavy atom. The summed E-state index contributed by atoms with van der Waals surface area (Å²) in [5.74, 6) is 0.803. The number of benzene rings is 1. The van der Waals surface area contributed by atoms with Crippen LogP contribution in [0.4, 0.5) is 5.69 Å². The molecule has 0 aliphatic heterocycles. The second kappa shape index (κ2) is 7.64. The van der Waals surface area contributed by atoms with Gasteiger partial charge in [-0.1, -0.05) is 6.07 Å². The van der Waals surface area contributed by atoms with Crippen molar-refractivity contribution in [3.8, 4) is 5.75 Å². The van der Waals surface area contributed by atoms with E-state index >= 15 is 0 Å². The molecule has 0 saturated carbocycles. The third-order valence-corrected chi connectivity index (χ3v) is 3.20. The predicted octanol–water partition coefficient (Wildman–Crippen LogP) is 2.58. The van der Waals surface area contributed by atoms with Crippen molar-refractivity contribution < 1.29 is 4.74 Å². The minimum Gasteiger partial charge on any atom is -0.497 e. The molecule has 0 unspecified atom stereocenters. The van der Waals surface area contributed by atoms with Gasteiger partial charge in [-0.25, -0.2) is 0 Å². The minimum atomic E-state index is 0.611. The molecule has 0 spiro atoms. The largest absolute Gasteiger partial charge is 0.497 e. The van der Waals surface area contributed by atoms with Crippen LogP contribution in [0.15, 0.2) is 36.5 Å². The Hall–Kier alpha value is -2.08. The highest BCUT2D eigenvalue weighted by molar-refractivity contribution is 7.80. The van der Waals surface area contributed by atoms with E-state index in [1.54, 1.807) is 7.11 Å². The molecule has 21 heavy (non-hydrogen) atoms. The van der Waals surface area contributed by atoms with Crippen molar-refractivity contribution in [2.24, 2.45) is 0 Å². The number of ether oxygens (including phenoxy) is 1. The molecule has 1 heterocycles. The highest BCUT2D eigenvalue weighted by atomic mass is 32.1. The molecular formula is C15H20N4OS. The van der Waals surface area contributed by atoms with Gasteiger partial charge in [-0.05, 0) is 43.8 Å². The predicted molar refractivity (Wildman–Crippen MR) is 88.8 cm³/mol. The molecule has 0 bridgehead atoms. The number of nitrogens with one attached hydrogen (secondary N) is 2. The molecule has 0 radical (unpaired) electrons. The average Bonchev–Trinajstić information content (AvgIpc) is 2.89. The smallest absolute Gasteiger partial charge is 0.170 e. The standard InChI is InChI=1S/C15H20N4OS/c1-12-7-10-19(18-12)9-4-8-16-15(21)17-13-5-3-6-14(11-13)20-2/h3,5-7,10-11H,4,8-9H2,1-2H3,(H2,16,17,21). The quantitative estimate of drug-likeness (QED) is 0.634. The fourth-order valence-corrected chi connectivity index (χ4v) is 2.13. The van der Waals surface area contributed by atoms with Crippen molar-refractivity contribution in [1.29, 1.82) is 0 Å². The van der Waals surface area contributed by atoms with Gasteiger partial charge in [0.2, 0.25) is 0 Å². The lowest BCUT2D eigenvalue weighted by molar-refractivity contribution is 0.415. The molecular weight excluding hydrogens is 284 g/mol. The van der Waals surface area contributed by atoms with Gasteiger partial charge in [0.25, 0.3) is 0 Å². The van der Waals surface area contributed by atoms with Gasteiger partial charge in [-0.3, -0.25) is 4.68 Å². The first-order chi connectivity index (χ1) is 10.2. The van der Waals surface area contributed by atoms with Gasteiger partial charge < -0.3 is 15.4 Å². The van der Waals surface area contributed by atoms with Crippen LogP contribution >= 0.6 is 12.2 Å². The summed E-state index contributed by atoms with van der Waals surface area (Å²) < 4.78 is 7.11. The van der Waals surface area contributed by atoms with Crippen molar-refractivity contribution in [3.63, 3.8) is 0 Å². The highest BCUT2D eigenvalue weighted by Crippen LogP contribution is 2.16. The van der Waals surface area contributed by atoms with Crippen LogP contribution in [-0.2, 0) is 6.54 Å². The molecule has 1 aromatic carbocycles. The summed E-state index contributed by atoms with van der Waals surface area (Å²) in [6, 6.07) is 9.67. The van der Waals surface area contributed by atoms with Crippen molar-refractivity contribution >= 4 is 23.0 Å². The first-order valence-corrected chi connectivity index (χ1v) is 7.27. The van der Waals surface area contributed by atoms with Crippen LogP contribution < -0.4 is 15.4 Å². The van der Waals surface area contributed by atoms with Crippen LogP contribution in [0.3, 0.4) is 0 Å². The Morgan fingerprint density at radius 3 is 2.95 bits per heavy atom. The molecule has 0 saturated heterocycles. The minimum absolute atomic E-state index is 0.611. The van der Waals surface area contributed by atoms with Crippen molar-refractivity contribution in [2.45, 2.75) is 19.9 Å². The van der Waals surface area contributed by atoms with Gasteiger partial charge in [-0.15, -0.1) is 0 Å². The lowest BCUT2D eigenvalue weighted by Crippen LogP contribution is -2.29. The summed E-state index contributed by atoms with van der Waals surface area (Å²) in [6.07, 6.45) is 2.95. The number of aryl methyl sites for hydroxylation is 2. The van der Waals surface area contributed by atoms with Gasteiger partial charge in [0.05, 0.1) is 12.8 Å². The summed E-state index contributed by atoms with van der Waals surface area (Å²) >= 11 is 5.26. The number of nitrogens with zero attached hydrogens (tertiary/aromatic N) is 2. The van der Waals surface area contributed by atoms with Crippen LogP contribution in [0.2, 0.25) is 0 Å². The molecule has 0 atom stereocenters. The zero-order valence-corrected chi connectivity index (χ0v) is 13.1. The Balaban J connectivity index is 1.69. The van der Waals surface area contributed by atoms with Crippen molar-refractivity contribution in [2.75, 3.05) is 19.0 Å². The fourth-order valence-electron chi connectivity index (χ4n) is 1.91. The second-order valence-electron chi connectivity index (χ2n) is 4.69. The maximum Gasteiger partial charge on any atom is 0.170 e. The SMILES string of the molecule is COc1cccc(NC(=S)NCCCn2ccc(C)n2)c1. The second-order valence-corrected chi connectivity index (χ2v) is 5.09. The van der Waals surface area contributed by atoms with Crippen LogP contribution in [0.25, 0.3) is 0 Å². The summed E-state index contributed by atoms with van der Waals surface area (Å²) in [6.45, 7) is 3.67. The monoisotopic (exact) mass is 304 g/mol. The Bertz CT molecular complexity index is 597. The van der Waals surface area contributed by atoms with Crippen LogP contribution in [-0.4, -0.2) is 28.5 Å². The van der Waals surface area contributed by atoms with E-state index in [9.17, 15) is 0 Å². The zero-order chi connectivity index (χ0) is 15.1. The van der Waals surface area contributed by atoms with Crippen LogP contribution in [0, 0.1) is 6.92 Å². The molecule has 0 aliphatic carbocycles. The van der Waals surface area contributed by atoms with E-state index in [2.05, 4.69) is 15.7 Å². The third-order valence-electron chi connectivity index (χ3n) is 2.95. The Kier molecular flexibility index (Phi) is 5.57. The van der Waals surface area contributed by atoms with E-state index in [4.69, 9.17) is 17.0 Å². The molecule has 0 fully saturated rings. The molecule has 112 valence electrons. The highest BCUT2D eigenvalue weighted by Gasteiger charge is 1.99. The first-order valence-electron chi connectivity index (χ1n) is 6.86. The van der Waals surface area contributed by atoms with Gasteiger partial charge >= 0.3 is 0 Å². The molecule has 1 aromatic heterocycles. The topological polar surface area (TPSA) is 51.1 Å². The Morgan fingerprint density at radius 2 is 2.24 bits per heavy atom. The number of methoxy groups -OCH3 is 1. The van der Waals surface area contributed by atoms with E-state index in [1.165, 1.54) is 0 Å². The fraction of sp³-hybridized carbons (Fsp3) is 0.333. The van der Waals surface area contributed by atoms with Gasteiger partial charge in [0, 0.05) is 31.0 Å². The normalized spacial score (nSPS) is 10.2. The molecule has 2 aromatic rings. The summed E-state index contributed by atoms with van der Waals surface area (Å²) in [5, 5.41) is 11.3. The van der Waals surface area contributed by atoms with E-state index in [0.717, 1.165) is 36.6 Å². The average molecular weight is 304 g/mol. The summed E-state index contributed by atoms with van der Waals surface area (Å²) in [7, 11) is 1.65. The molecule has 6 heteroatoms. The number of hydrogen-bond donors (Lipinski definition) is 2. The summed E-state index contributed by atoms with van der Waals surface area (Å²) in [5.41, 5.74) is 1.95. The van der Waals surface area contributed by atoms with E-state index in [1.807, 2.05) is 48.1 Å². The maximum atomic E-state index is 5.26. The third kappa shape index (κ3) is 5.07. The molecule has 2 N–H and O–H groups in total. The molecule has 5 nitrogen and oxygen atoms in total. The van der Waals surface area contributed by atoms with Crippen molar-refractivity contribution in [3.05, 3.63) is 42.2 Å². The Labute approximate surface area is 130 Å². The number of aromatic nitrogens is 2. The number of rotatable bonds is 6. The zero-order valence-electron chi connectivity index (χ0n) is 12.3.